The van der Waals surface area contributed by atoms with E-state index < -0.39 is 0 Å². The zero-order valence-corrected chi connectivity index (χ0v) is 11.1. The van der Waals surface area contributed by atoms with Crippen molar-refractivity contribution in [3.63, 3.8) is 0 Å². The molecule has 3 rings (SSSR count). The minimum Gasteiger partial charge on any atom is -0.351 e. The van der Waals surface area contributed by atoms with Crippen LogP contribution in [0.4, 0.5) is 5.95 Å². The van der Waals surface area contributed by atoms with E-state index in [4.69, 9.17) is 0 Å². The Hall–Kier alpha value is -2.70. The minimum atomic E-state index is 0.626. The first-order valence-electron chi connectivity index (χ1n) is 6.40. The summed E-state index contributed by atoms with van der Waals surface area (Å²) in [4.78, 5) is 0. The molecule has 20 heavy (non-hydrogen) atoms. The lowest BCUT2D eigenvalue weighted by atomic mass is 10.2. The van der Waals surface area contributed by atoms with Crippen LogP contribution in [0.15, 0.2) is 42.7 Å². The van der Waals surface area contributed by atoms with E-state index in [-0.39, 0.29) is 0 Å². The number of nitrogens with zero attached hydrogens (tertiary/aromatic N) is 6. The SMILES string of the molecule is Cc1ccc(-n2nnnc2NCCn2cccn2)cc1. The summed E-state index contributed by atoms with van der Waals surface area (Å²) in [5.74, 6) is 0.626. The van der Waals surface area contributed by atoms with Gasteiger partial charge in [-0.05, 0) is 35.5 Å². The Balaban J connectivity index is 1.68. The van der Waals surface area contributed by atoms with E-state index in [1.165, 1.54) is 5.56 Å². The van der Waals surface area contributed by atoms with Crippen molar-refractivity contribution in [2.24, 2.45) is 0 Å². The highest BCUT2D eigenvalue weighted by Gasteiger charge is 2.07. The van der Waals surface area contributed by atoms with Gasteiger partial charge in [-0.15, -0.1) is 0 Å². The van der Waals surface area contributed by atoms with Crippen molar-refractivity contribution < 1.29 is 0 Å². The Morgan fingerprint density at radius 2 is 2.05 bits per heavy atom. The van der Waals surface area contributed by atoms with E-state index in [0.717, 1.165) is 12.2 Å². The van der Waals surface area contributed by atoms with Crippen molar-refractivity contribution in [1.29, 1.82) is 0 Å². The van der Waals surface area contributed by atoms with Crippen LogP contribution in [-0.2, 0) is 6.54 Å². The van der Waals surface area contributed by atoms with Crippen LogP contribution in [0.3, 0.4) is 0 Å². The fraction of sp³-hybridized carbons (Fsp3) is 0.231. The maximum absolute atomic E-state index is 4.14. The number of hydrogen-bond donors (Lipinski definition) is 1. The lowest BCUT2D eigenvalue weighted by Gasteiger charge is -2.07. The zero-order valence-electron chi connectivity index (χ0n) is 11.1. The molecule has 1 N–H and O–H groups in total. The third kappa shape index (κ3) is 2.66. The molecule has 0 saturated carbocycles. The lowest BCUT2D eigenvalue weighted by molar-refractivity contribution is 0.635. The average molecular weight is 269 g/mol. The second kappa shape index (κ2) is 5.52. The summed E-state index contributed by atoms with van der Waals surface area (Å²) in [7, 11) is 0. The molecule has 1 aromatic carbocycles. The summed E-state index contributed by atoms with van der Waals surface area (Å²) in [6, 6.07) is 9.94. The van der Waals surface area contributed by atoms with Crippen LogP contribution < -0.4 is 5.32 Å². The molecule has 102 valence electrons. The Kier molecular flexibility index (Phi) is 3.40. The maximum Gasteiger partial charge on any atom is 0.247 e. The van der Waals surface area contributed by atoms with Crippen LogP contribution in [0.5, 0.6) is 0 Å². The van der Waals surface area contributed by atoms with Crippen molar-refractivity contribution in [2.45, 2.75) is 13.5 Å². The van der Waals surface area contributed by atoms with Crippen molar-refractivity contribution >= 4 is 5.95 Å². The second-order valence-electron chi connectivity index (χ2n) is 4.45. The molecule has 2 heterocycles. The molecular weight excluding hydrogens is 254 g/mol. The maximum atomic E-state index is 4.14. The van der Waals surface area contributed by atoms with Gasteiger partial charge < -0.3 is 5.32 Å². The molecule has 0 fully saturated rings. The summed E-state index contributed by atoms with van der Waals surface area (Å²) >= 11 is 0. The van der Waals surface area contributed by atoms with E-state index in [9.17, 15) is 0 Å². The standard InChI is InChI=1S/C13H15N7/c1-11-3-5-12(6-4-11)20-13(16-17-18-20)14-8-10-19-9-2-7-15-19/h2-7,9H,8,10H2,1H3,(H,14,16,18). The smallest absolute Gasteiger partial charge is 0.247 e. The number of hydrogen-bond acceptors (Lipinski definition) is 5. The normalized spacial score (nSPS) is 10.7. The van der Waals surface area contributed by atoms with E-state index in [0.29, 0.717) is 12.5 Å². The summed E-state index contributed by atoms with van der Waals surface area (Å²) in [5, 5.41) is 19.1. The van der Waals surface area contributed by atoms with Gasteiger partial charge in [-0.25, -0.2) is 0 Å². The number of aryl methyl sites for hydroxylation is 1. The Labute approximate surface area is 116 Å². The topological polar surface area (TPSA) is 73.5 Å². The molecule has 7 nitrogen and oxygen atoms in total. The molecule has 0 unspecified atom stereocenters. The van der Waals surface area contributed by atoms with Crippen LogP contribution in [-0.4, -0.2) is 36.5 Å². The first-order valence-corrected chi connectivity index (χ1v) is 6.40. The molecule has 0 aliphatic heterocycles. The Morgan fingerprint density at radius 3 is 2.80 bits per heavy atom. The van der Waals surface area contributed by atoms with Gasteiger partial charge in [0.1, 0.15) is 0 Å². The van der Waals surface area contributed by atoms with Gasteiger partial charge in [-0.1, -0.05) is 22.8 Å². The molecule has 7 heteroatoms. The van der Waals surface area contributed by atoms with Gasteiger partial charge in [0.2, 0.25) is 5.95 Å². The van der Waals surface area contributed by atoms with Gasteiger partial charge in [-0.2, -0.15) is 9.78 Å². The second-order valence-corrected chi connectivity index (χ2v) is 4.45. The third-order valence-corrected chi connectivity index (χ3v) is 2.93. The fourth-order valence-electron chi connectivity index (χ4n) is 1.87. The van der Waals surface area contributed by atoms with Gasteiger partial charge in [0.05, 0.1) is 12.2 Å². The predicted molar refractivity (Wildman–Crippen MR) is 74.6 cm³/mol. The first-order chi connectivity index (χ1) is 9.83. The summed E-state index contributed by atoms with van der Waals surface area (Å²) < 4.78 is 3.54. The number of anilines is 1. The molecule has 0 bridgehead atoms. The molecule has 0 spiro atoms. The quantitative estimate of drug-likeness (QED) is 0.755. The average Bonchev–Trinajstić information content (AvgIpc) is 3.11. The largest absolute Gasteiger partial charge is 0.351 e. The van der Waals surface area contributed by atoms with E-state index in [1.54, 1.807) is 10.9 Å². The summed E-state index contributed by atoms with van der Waals surface area (Å²) in [6.07, 6.45) is 3.68. The van der Waals surface area contributed by atoms with Crippen LogP contribution >= 0.6 is 0 Å². The van der Waals surface area contributed by atoms with Gasteiger partial charge in [0, 0.05) is 18.9 Å². The molecule has 0 radical (unpaired) electrons. The number of nitrogens with one attached hydrogen (secondary N) is 1. The molecule has 2 aromatic heterocycles. The van der Waals surface area contributed by atoms with E-state index >= 15 is 0 Å². The van der Waals surface area contributed by atoms with Crippen molar-refractivity contribution in [1.82, 2.24) is 30.0 Å². The minimum absolute atomic E-state index is 0.626. The van der Waals surface area contributed by atoms with Crippen LogP contribution in [0, 0.1) is 6.92 Å². The highest BCUT2D eigenvalue weighted by atomic mass is 15.6. The van der Waals surface area contributed by atoms with Crippen molar-refractivity contribution in [3.05, 3.63) is 48.3 Å². The molecular formula is C13H15N7. The van der Waals surface area contributed by atoms with Crippen molar-refractivity contribution in [2.75, 3.05) is 11.9 Å². The van der Waals surface area contributed by atoms with Gasteiger partial charge >= 0.3 is 0 Å². The zero-order chi connectivity index (χ0) is 13.8. The van der Waals surface area contributed by atoms with Gasteiger partial charge in [0.15, 0.2) is 0 Å². The monoisotopic (exact) mass is 269 g/mol. The van der Waals surface area contributed by atoms with Crippen LogP contribution in [0.25, 0.3) is 5.69 Å². The molecule has 0 amide bonds. The molecule has 0 atom stereocenters. The van der Waals surface area contributed by atoms with Gasteiger partial charge in [-0.3, -0.25) is 4.68 Å². The van der Waals surface area contributed by atoms with Crippen molar-refractivity contribution in [3.8, 4) is 5.69 Å². The van der Waals surface area contributed by atoms with E-state index in [2.05, 4.69) is 25.9 Å². The molecule has 0 aliphatic rings. The van der Waals surface area contributed by atoms with Crippen LogP contribution in [0.1, 0.15) is 5.56 Å². The van der Waals surface area contributed by atoms with E-state index in [1.807, 2.05) is 48.1 Å². The Morgan fingerprint density at radius 1 is 1.20 bits per heavy atom. The number of rotatable bonds is 5. The highest BCUT2D eigenvalue weighted by molar-refractivity contribution is 5.39. The molecule has 3 aromatic rings. The van der Waals surface area contributed by atoms with Gasteiger partial charge in [0.25, 0.3) is 0 Å². The first kappa shape index (κ1) is 12.3. The fourth-order valence-corrected chi connectivity index (χ4v) is 1.87. The lowest BCUT2D eigenvalue weighted by Crippen LogP contribution is -2.14. The molecule has 0 saturated heterocycles. The highest BCUT2D eigenvalue weighted by Crippen LogP contribution is 2.11. The summed E-state index contributed by atoms with van der Waals surface area (Å²) in [5.41, 5.74) is 2.14. The van der Waals surface area contributed by atoms with Crippen LogP contribution in [0.2, 0.25) is 0 Å². The number of benzene rings is 1. The molecule has 0 aliphatic carbocycles. The number of aromatic nitrogens is 6. The summed E-state index contributed by atoms with van der Waals surface area (Å²) in [6.45, 7) is 3.51. The number of tetrazole rings is 1. The Bertz CT molecular complexity index is 654. The third-order valence-electron chi connectivity index (χ3n) is 2.93. The predicted octanol–water partition coefficient (Wildman–Crippen LogP) is 1.28.